The van der Waals surface area contributed by atoms with Crippen LogP contribution >= 0.6 is 0 Å². The molecule has 2 aromatic carbocycles. The number of ether oxygens (including phenoxy) is 1. The molecule has 0 radical (unpaired) electrons. The lowest BCUT2D eigenvalue weighted by Gasteiger charge is -2.09. The van der Waals surface area contributed by atoms with Crippen molar-refractivity contribution >= 4 is 16.7 Å². The van der Waals surface area contributed by atoms with Crippen LogP contribution in [-0.4, -0.2) is 22.8 Å². The van der Waals surface area contributed by atoms with Crippen molar-refractivity contribution in [3.63, 3.8) is 0 Å². The molecule has 0 spiro atoms. The Labute approximate surface area is 112 Å². The molecule has 0 bridgehead atoms. The minimum Gasteiger partial charge on any atom is -0.507 e. The van der Waals surface area contributed by atoms with Crippen molar-refractivity contribution < 1.29 is 19.7 Å². The maximum absolute atomic E-state index is 11.7. The number of phenols is 2. The normalized spacial score (nSPS) is 9.63. The zero-order valence-electron chi connectivity index (χ0n) is 11.3. The Morgan fingerprint density at radius 1 is 1.11 bits per heavy atom. The number of benzene rings is 2. The minimum atomic E-state index is -0.596. The van der Waals surface area contributed by atoms with Gasteiger partial charge >= 0.3 is 5.97 Å². The van der Waals surface area contributed by atoms with Gasteiger partial charge in [-0.2, -0.15) is 0 Å². The van der Waals surface area contributed by atoms with Gasteiger partial charge in [0, 0.05) is 16.8 Å². The highest BCUT2D eigenvalue weighted by Gasteiger charge is 2.18. The number of esters is 1. The average Bonchev–Trinajstić information content (AvgIpc) is 2.41. The van der Waals surface area contributed by atoms with E-state index in [1.165, 1.54) is 0 Å². The van der Waals surface area contributed by atoms with Crippen molar-refractivity contribution in [2.24, 2.45) is 0 Å². The van der Waals surface area contributed by atoms with Crippen molar-refractivity contribution in [1.82, 2.24) is 0 Å². The summed E-state index contributed by atoms with van der Waals surface area (Å²) in [5.74, 6) is -0.938. The van der Waals surface area contributed by atoms with Gasteiger partial charge in [0.15, 0.2) is 0 Å². The molecule has 19 heavy (non-hydrogen) atoms. The number of rotatable bonds is 2. The Morgan fingerprint density at radius 3 is 2.26 bits per heavy atom. The second kappa shape index (κ2) is 6.64. The topological polar surface area (TPSA) is 66.8 Å². The van der Waals surface area contributed by atoms with Crippen molar-refractivity contribution in [1.29, 1.82) is 0 Å². The van der Waals surface area contributed by atoms with E-state index in [2.05, 4.69) is 0 Å². The number of hydrogen-bond donors (Lipinski definition) is 2. The Balaban J connectivity index is 0.000000861. The summed E-state index contributed by atoms with van der Waals surface area (Å²) >= 11 is 0. The molecule has 4 nitrogen and oxygen atoms in total. The van der Waals surface area contributed by atoms with Crippen LogP contribution in [0.5, 0.6) is 11.5 Å². The van der Waals surface area contributed by atoms with Gasteiger partial charge in [0.05, 0.1) is 6.61 Å². The molecule has 102 valence electrons. The van der Waals surface area contributed by atoms with Gasteiger partial charge in [-0.25, -0.2) is 4.79 Å². The summed E-state index contributed by atoms with van der Waals surface area (Å²) < 4.78 is 4.88. The second-order valence-electron chi connectivity index (χ2n) is 3.56. The molecular weight excluding hydrogens is 244 g/mol. The summed E-state index contributed by atoms with van der Waals surface area (Å²) in [4.78, 5) is 11.7. The number of fused-ring (bicyclic) bond motifs is 1. The fraction of sp³-hybridized carbons (Fsp3) is 0.267. The smallest absolute Gasteiger partial charge is 0.342 e. The molecule has 0 fully saturated rings. The van der Waals surface area contributed by atoms with E-state index >= 15 is 0 Å². The van der Waals surface area contributed by atoms with Gasteiger partial charge in [-0.1, -0.05) is 38.1 Å². The van der Waals surface area contributed by atoms with Crippen molar-refractivity contribution in [3.8, 4) is 11.5 Å². The highest BCUT2D eigenvalue weighted by molar-refractivity contribution is 6.08. The molecule has 2 rings (SSSR count). The second-order valence-corrected chi connectivity index (χ2v) is 3.56. The first-order chi connectivity index (χ1) is 9.15. The average molecular weight is 262 g/mol. The molecule has 0 aliphatic rings. The van der Waals surface area contributed by atoms with Gasteiger partial charge in [0.2, 0.25) is 0 Å². The first-order valence-electron chi connectivity index (χ1n) is 6.26. The monoisotopic (exact) mass is 262 g/mol. The first-order valence-corrected chi connectivity index (χ1v) is 6.26. The molecule has 4 heteroatoms. The molecule has 0 amide bonds. The predicted molar refractivity (Wildman–Crippen MR) is 74.6 cm³/mol. The molecule has 0 aromatic heterocycles. The van der Waals surface area contributed by atoms with Crippen LogP contribution in [0.2, 0.25) is 0 Å². The van der Waals surface area contributed by atoms with E-state index in [1.807, 2.05) is 13.8 Å². The number of aromatic hydroxyl groups is 2. The highest BCUT2D eigenvalue weighted by Crippen LogP contribution is 2.34. The highest BCUT2D eigenvalue weighted by atomic mass is 16.5. The van der Waals surface area contributed by atoms with Gasteiger partial charge in [-0.05, 0) is 6.92 Å². The SMILES string of the molecule is CC.CCOC(=O)c1c(O)cc(O)c2ccccc12. The van der Waals surface area contributed by atoms with E-state index in [4.69, 9.17) is 4.74 Å². The Kier molecular flexibility index (Phi) is 5.18. The molecule has 0 saturated carbocycles. The lowest BCUT2D eigenvalue weighted by atomic mass is 10.0. The largest absolute Gasteiger partial charge is 0.507 e. The van der Waals surface area contributed by atoms with E-state index in [1.54, 1.807) is 31.2 Å². The zero-order valence-corrected chi connectivity index (χ0v) is 11.3. The molecule has 0 saturated heterocycles. The number of carbonyl (C=O) groups excluding carboxylic acids is 1. The molecule has 0 aliphatic heterocycles. The third kappa shape index (κ3) is 2.96. The molecule has 0 atom stereocenters. The summed E-state index contributed by atoms with van der Waals surface area (Å²) in [5.41, 5.74) is 0.0836. The third-order valence-corrected chi connectivity index (χ3v) is 2.48. The standard InChI is InChI=1S/C13H12O4.C2H6/c1-2-17-13(16)12-9-6-4-3-5-8(9)10(14)7-11(12)15;1-2/h3-7,14-15H,2H2,1H3;1-2H3. The van der Waals surface area contributed by atoms with Crippen LogP contribution in [0.15, 0.2) is 30.3 Å². The van der Waals surface area contributed by atoms with E-state index in [9.17, 15) is 15.0 Å². The Morgan fingerprint density at radius 2 is 1.68 bits per heavy atom. The van der Waals surface area contributed by atoms with Crippen molar-refractivity contribution in [2.75, 3.05) is 6.61 Å². The van der Waals surface area contributed by atoms with Gasteiger partial charge in [0.1, 0.15) is 17.1 Å². The lowest BCUT2D eigenvalue weighted by molar-refractivity contribution is 0.0525. The van der Waals surface area contributed by atoms with Crippen LogP contribution in [-0.2, 0) is 4.74 Å². The fourth-order valence-corrected chi connectivity index (χ4v) is 1.76. The number of phenolic OH excluding ortho intramolecular Hbond substituents is 2. The Hall–Kier alpha value is -2.23. The van der Waals surface area contributed by atoms with Gasteiger partial charge in [0.25, 0.3) is 0 Å². The fourth-order valence-electron chi connectivity index (χ4n) is 1.76. The lowest BCUT2D eigenvalue weighted by Crippen LogP contribution is -2.05. The van der Waals surface area contributed by atoms with Crippen molar-refractivity contribution in [3.05, 3.63) is 35.9 Å². The molecule has 0 heterocycles. The molecular formula is C15H18O4. The summed E-state index contributed by atoms with van der Waals surface area (Å²) in [5, 5.41) is 20.4. The van der Waals surface area contributed by atoms with Gasteiger partial charge in [-0.3, -0.25) is 0 Å². The van der Waals surface area contributed by atoms with Crippen molar-refractivity contribution in [2.45, 2.75) is 20.8 Å². The van der Waals surface area contributed by atoms with Gasteiger partial charge < -0.3 is 14.9 Å². The van der Waals surface area contributed by atoms with Gasteiger partial charge in [-0.15, -0.1) is 0 Å². The van der Waals surface area contributed by atoms with Crippen LogP contribution in [0.3, 0.4) is 0 Å². The van der Waals surface area contributed by atoms with Crippen LogP contribution in [0.4, 0.5) is 0 Å². The summed E-state index contributed by atoms with van der Waals surface area (Å²) in [6.07, 6.45) is 0. The summed E-state index contributed by atoms with van der Waals surface area (Å²) in [7, 11) is 0. The zero-order chi connectivity index (χ0) is 14.4. The van der Waals surface area contributed by atoms with Crippen LogP contribution in [0.1, 0.15) is 31.1 Å². The van der Waals surface area contributed by atoms with E-state index in [0.29, 0.717) is 10.8 Å². The van der Waals surface area contributed by atoms with E-state index in [-0.39, 0.29) is 23.7 Å². The summed E-state index contributed by atoms with van der Waals surface area (Å²) in [6.45, 7) is 5.92. The first kappa shape index (κ1) is 14.8. The van der Waals surface area contributed by atoms with E-state index < -0.39 is 5.97 Å². The minimum absolute atomic E-state index is 0.0638. The number of carbonyl (C=O) groups is 1. The summed E-state index contributed by atoms with van der Waals surface area (Å²) in [6, 6.07) is 7.94. The Bertz CT molecular complexity index is 576. The molecule has 2 N–H and O–H groups in total. The number of hydrogen-bond acceptors (Lipinski definition) is 4. The molecule has 0 unspecified atom stereocenters. The molecule has 0 aliphatic carbocycles. The van der Waals surface area contributed by atoms with Crippen LogP contribution in [0.25, 0.3) is 10.8 Å². The maximum Gasteiger partial charge on any atom is 0.342 e. The van der Waals surface area contributed by atoms with E-state index in [0.717, 1.165) is 6.07 Å². The third-order valence-electron chi connectivity index (χ3n) is 2.48. The molecule has 2 aromatic rings. The quantitative estimate of drug-likeness (QED) is 0.813. The van der Waals surface area contributed by atoms with Crippen LogP contribution < -0.4 is 0 Å². The van der Waals surface area contributed by atoms with Crippen LogP contribution in [0, 0.1) is 0 Å². The maximum atomic E-state index is 11.7. The predicted octanol–water partition coefficient (Wildman–Crippen LogP) is 3.45.